The Morgan fingerprint density at radius 1 is 1.07 bits per heavy atom. The van der Waals surface area contributed by atoms with Gasteiger partial charge in [0.25, 0.3) is 0 Å². The average Bonchev–Trinajstić information content (AvgIpc) is 3.08. The first-order chi connectivity index (χ1) is 13.0. The van der Waals surface area contributed by atoms with Crippen molar-refractivity contribution in [2.45, 2.75) is 13.8 Å². The van der Waals surface area contributed by atoms with E-state index in [1.54, 1.807) is 23.0 Å². The number of benzene rings is 2. The summed E-state index contributed by atoms with van der Waals surface area (Å²) in [4.78, 5) is 20.2. The van der Waals surface area contributed by atoms with E-state index in [0.717, 1.165) is 27.9 Å². The Labute approximate surface area is 155 Å². The van der Waals surface area contributed by atoms with Crippen LogP contribution in [0.3, 0.4) is 0 Å². The second kappa shape index (κ2) is 6.53. The lowest BCUT2D eigenvalue weighted by molar-refractivity contribution is 0.100. The van der Waals surface area contributed by atoms with Crippen LogP contribution in [0.1, 0.15) is 21.5 Å². The zero-order valence-corrected chi connectivity index (χ0v) is 15.0. The molecule has 7 nitrogen and oxygen atoms in total. The van der Waals surface area contributed by atoms with Crippen molar-refractivity contribution in [1.82, 2.24) is 19.7 Å². The molecule has 2 aromatic carbocycles. The van der Waals surface area contributed by atoms with Crippen LogP contribution < -0.4 is 11.1 Å². The second-order valence-corrected chi connectivity index (χ2v) is 6.32. The Kier molecular flexibility index (Phi) is 4.04. The van der Waals surface area contributed by atoms with Crippen molar-refractivity contribution in [3.8, 4) is 5.69 Å². The normalized spacial score (nSPS) is 10.9. The standard InChI is InChI=1S/C20H18N6O/c1-12-7-8-14(18(21)27)9-16(12)25-19-15-10-24-26(20(15)23-11-22-19)17-6-4-3-5-13(17)2/h3-11H,1-2H3,(H2,21,27)(H,22,23,25). The number of anilines is 2. The van der Waals surface area contributed by atoms with Gasteiger partial charge in [-0.15, -0.1) is 0 Å². The van der Waals surface area contributed by atoms with E-state index in [9.17, 15) is 4.79 Å². The van der Waals surface area contributed by atoms with Crippen LogP contribution in [0.2, 0.25) is 0 Å². The fraction of sp³-hybridized carbons (Fsp3) is 0.100. The number of rotatable bonds is 4. The molecule has 2 heterocycles. The molecule has 0 atom stereocenters. The Morgan fingerprint density at radius 2 is 1.89 bits per heavy atom. The summed E-state index contributed by atoms with van der Waals surface area (Å²) in [5.74, 6) is 0.141. The number of nitrogens with zero attached hydrogens (tertiary/aromatic N) is 4. The molecular weight excluding hydrogens is 340 g/mol. The highest BCUT2D eigenvalue weighted by atomic mass is 16.1. The topological polar surface area (TPSA) is 98.7 Å². The van der Waals surface area contributed by atoms with E-state index in [1.807, 2.05) is 44.2 Å². The lowest BCUT2D eigenvalue weighted by Crippen LogP contribution is -2.11. The zero-order chi connectivity index (χ0) is 19.0. The van der Waals surface area contributed by atoms with Crippen LogP contribution in [0.5, 0.6) is 0 Å². The fourth-order valence-electron chi connectivity index (χ4n) is 2.96. The van der Waals surface area contributed by atoms with E-state index in [2.05, 4.69) is 20.4 Å². The quantitative estimate of drug-likeness (QED) is 0.583. The number of amides is 1. The molecule has 0 spiro atoms. The molecule has 0 bridgehead atoms. The van der Waals surface area contributed by atoms with Crippen LogP contribution in [0.15, 0.2) is 55.0 Å². The fourth-order valence-corrected chi connectivity index (χ4v) is 2.96. The van der Waals surface area contributed by atoms with Gasteiger partial charge in [0.05, 0.1) is 17.3 Å². The molecule has 0 aliphatic rings. The van der Waals surface area contributed by atoms with Crippen LogP contribution in [0.25, 0.3) is 16.7 Å². The Morgan fingerprint density at radius 3 is 2.67 bits per heavy atom. The van der Waals surface area contributed by atoms with Crippen LogP contribution in [-0.2, 0) is 0 Å². The maximum absolute atomic E-state index is 11.5. The first-order valence-corrected chi connectivity index (χ1v) is 8.47. The number of aryl methyl sites for hydroxylation is 2. The van der Waals surface area contributed by atoms with Crippen LogP contribution in [0.4, 0.5) is 11.5 Å². The molecule has 134 valence electrons. The van der Waals surface area contributed by atoms with Gasteiger partial charge in [0.15, 0.2) is 5.65 Å². The van der Waals surface area contributed by atoms with Gasteiger partial charge in [0.1, 0.15) is 12.1 Å². The van der Waals surface area contributed by atoms with Crippen molar-refractivity contribution >= 4 is 28.4 Å². The third-order valence-electron chi connectivity index (χ3n) is 4.48. The summed E-state index contributed by atoms with van der Waals surface area (Å²) in [6.07, 6.45) is 3.23. The number of carbonyl (C=O) groups excluding carboxylic acids is 1. The van der Waals surface area contributed by atoms with E-state index in [-0.39, 0.29) is 0 Å². The highest BCUT2D eigenvalue weighted by Gasteiger charge is 2.13. The summed E-state index contributed by atoms with van der Waals surface area (Å²) in [5.41, 5.74) is 10.3. The van der Waals surface area contributed by atoms with Crippen molar-refractivity contribution in [1.29, 1.82) is 0 Å². The lowest BCUT2D eigenvalue weighted by atomic mass is 10.1. The molecule has 0 fully saturated rings. The summed E-state index contributed by atoms with van der Waals surface area (Å²) in [6.45, 7) is 3.98. The number of nitrogens with two attached hydrogens (primary N) is 1. The molecule has 2 aromatic heterocycles. The van der Waals surface area contributed by atoms with Gasteiger partial charge in [-0.1, -0.05) is 24.3 Å². The number of aromatic nitrogens is 4. The molecular formula is C20H18N6O. The number of hydrogen-bond acceptors (Lipinski definition) is 5. The number of para-hydroxylation sites is 1. The maximum Gasteiger partial charge on any atom is 0.248 e. The molecule has 4 aromatic rings. The molecule has 27 heavy (non-hydrogen) atoms. The van der Waals surface area contributed by atoms with Crippen LogP contribution >= 0.6 is 0 Å². The molecule has 0 aliphatic heterocycles. The minimum atomic E-state index is -0.474. The average molecular weight is 358 g/mol. The van der Waals surface area contributed by atoms with E-state index in [0.29, 0.717) is 17.0 Å². The third kappa shape index (κ3) is 2.99. The van der Waals surface area contributed by atoms with Crippen molar-refractivity contribution in [3.63, 3.8) is 0 Å². The van der Waals surface area contributed by atoms with Gasteiger partial charge in [-0.3, -0.25) is 4.79 Å². The van der Waals surface area contributed by atoms with Gasteiger partial charge in [0.2, 0.25) is 5.91 Å². The molecule has 4 rings (SSSR count). The number of hydrogen-bond donors (Lipinski definition) is 2. The number of carbonyl (C=O) groups is 1. The van der Waals surface area contributed by atoms with Crippen LogP contribution in [-0.4, -0.2) is 25.7 Å². The molecule has 3 N–H and O–H groups in total. The first kappa shape index (κ1) is 16.7. The van der Waals surface area contributed by atoms with Gasteiger partial charge in [-0.2, -0.15) is 5.10 Å². The molecule has 0 radical (unpaired) electrons. The Bertz CT molecular complexity index is 1160. The zero-order valence-electron chi connectivity index (χ0n) is 15.0. The smallest absolute Gasteiger partial charge is 0.248 e. The van der Waals surface area contributed by atoms with Gasteiger partial charge in [-0.05, 0) is 43.2 Å². The minimum absolute atomic E-state index is 0.434. The van der Waals surface area contributed by atoms with Crippen molar-refractivity contribution in [2.24, 2.45) is 5.73 Å². The summed E-state index contributed by atoms with van der Waals surface area (Å²) in [6, 6.07) is 13.2. The third-order valence-corrected chi connectivity index (χ3v) is 4.48. The summed E-state index contributed by atoms with van der Waals surface area (Å²) >= 11 is 0. The van der Waals surface area contributed by atoms with Gasteiger partial charge in [-0.25, -0.2) is 14.6 Å². The Hall–Kier alpha value is -3.74. The summed E-state index contributed by atoms with van der Waals surface area (Å²) < 4.78 is 1.80. The highest BCUT2D eigenvalue weighted by Crippen LogP contribution is 2.27. The minimum Gasteiger partial charge on any atom is -0.366 e. The molecule has 1 amide bonds. The van der Waals surface area contributed by atoms with E-state index in [4.69, 9.17) is 5.73 Å². The van der Waals surface area contributed by atoms with Gasteiger partial charge >= 0.3 is 0 Å². The molecule has 0 saturated carbocycles. The molecule has 7 heteroatoms. The lowest BCUT2D eigenvalue weighted by Gasteiger charge is -2.11. The summed E-state index contributed by atoms with van der Waals surface area (Å²) in [5, 5.41) is 8.56. The predicted octanol–water partition coefficient (Wildman–Crippen LogP) is 3.27. The summed E-state index contributed by atoms with van der Waals surface area (Å²) in [7, 11) is 0. The molecule has 0 saturated heterocycles. The van der Waals surface area contributed by atoms with Crippen molar-refractivity contribution in [3.05, 3.63) is 71.7 Å². The molecule has 0 unspecified atom stereocenters. The number of primary amides is 1. The SMILES string of the molecule is Cc1ccc(C(N)=O)cc1Nc1ncnc2c1cnn2-c1ccccc1C. The monoisotopic (exact) mass is 358 g/mol. The second-order valence-electron chi connectivity index (χ2n) is 6.32. The van der Waals surface area contributed by atoms with Crippen molar-refractivity contribution < 1.29 is 4.79 Å². The van der Waals surface area contributed by atoms with E-state index in [1.165, 1.54) is 6.33 Å². The highest BCUT2D eigenvalue weighted by molar-refractivity contribution is 5.95. The molecule has 0 aliphatic carbocycles. The van der Waals surface area contributed by atoms with E-state index >= 15 is 0 Å². The number of nitrogens with one attached hydrogen (secondary N) is 1. The first-order valence-electron chi connectivity index (χ1n) is 8.47. The van der Waals surface area contributed by atoms with Gasteiger partial charge < -0.3 is 11.1 Å². The van der Waals surface area contributed by atoms with Crippen molar-refractivity contribution in [2.75, 3.05) is 5.32 Å². The van der Waals surface area contributed by atoms with E-state index < -0.39 is 5.91 Å². The van der Waals surface area contributed by atoms with Gasteiger partial charge in [0, 0.05) is 11.3 Å². The largest absolute Gasteiger partial charge is 0.366 e. The Balaban J connectivity index is 1.80. The predicted molar refractivity (Wildman–Crippen MR) is 104 cm³/mol. The van der Waals surface area contributed by atoms with Crippen LogP contribution in [0, 0.1) is 13.8 Å². The number of fused-ring (bicyclic) bond motifs is 1. The maximum atomic E-state index is 11.5.